The number of carbonyl (C=O) groups is 1. The summed E-state index contributed by atoms with van der Waals surface area (Å²) in [4.78, 5) is 14.1. The maximum Gasteiger partial charge on any atom is 0.250 e. The molecule has 1 aromatic heterocycles. The Hall–Kier alpha value is -0.630. The predicted molar refractivity (Wildman–Crippen MR) is 71.5 cm³/mol. The lowest BCUT2D eigenvalue weighted by Crippen LogP contribution is -2.46. The molecule has 0 bridgehead atoms. The Bertz CT molecular complexity index is 430. The molecule has 0 aromatic carbocycles. The average molecular weight is 349 g/mol. The first-order valence-corrected chi connectivity index (χ1v) is 6.67. The second-order valence-corrected chi connectivity index (χ2v) is 6.10. The number of aliphatic hydroxyl groups is 1. The van der Waals surface area contributed by atoms with E-state index >= 15 is 0 Å². The van der Waals surface area contributed by atoms with Gasteiger partial charge in [0.1, 0.15) is 5.54 Å². The van der Waals surface area contributed by atoms with Gasteiger partial charge >= 0.3 is 0 Å². The van der Waals surface area contributed by atoms with Crippen molar-refractivity contribution < 1.29 is 9.90 Å². The van der Waals surface area contributed by atoms with E-state index in [1.807, 2.05) is 20.0 Å². The average Bonchev–Trinajstić information content (AvgIpc) is 2.86. The fraction of sp³-hybridized carbons (Fsp3) is 0.636. The van der Waals surface area contributed by atoms with Crippen LogP contribution in [0.1, 0.15) is 20.3 Å². The number of aromatic nitrogens is 2. The molecule has 6 heteroatoms. The maximum atomic E-state index is 12.4. The van der Waals surface area contributed by atoms with Gasteiger partial charge in [-0.1, -0.05) is 0 Å². The lowest BCUT2D eigenvalue weighted by atomic mass is 10.0. The first-order valence-electron chi connectivity index (χ1n) is 5.59. The van der Waals surface area contributed by atoms with E-state index in [1.54, 1.807) is 15.8 Å². The Morgan fingerprint density at radius 3 is 2.82 bits per heavy atom. The van der Waals surface area contributed by atoms with Gasteiger partial charge in [0.15, 0.2) is 0 Å². The molecule has 1 amide bonds. The molecular weight excluding hydrogens is 333 g/mol. The molecule has 5 nitrogen and oxygen atoms in total. The van der Waals surface area contributed by atoms with E-state index < -0.39 is 5.54 Å². The molecule has 17 heavy (non-hydrogen) atoms. The number of carbonyl (C=O) groups excluding carboxylic acids is 1. The number of rotatable bonds is 2. The molecule has 2 rings (SSSR count). The lowest BCUT2D eigenvalue weighted by Gasteiger charge is -2.29. The van der Waals surface area contributed by atoms with Gasteiger partial charge in [0.05, 0.1) is 15.9 Å². The molecule has 1 fully saturated rings. The van der Waals surface area contributed by atoms with Crippen LogP contribution in [0, 0.1) is 3.57 Å². The van der Waals surface area contributed by atoms with Crippen molar-refractivity contribution in [2.45, 2.75) is 31.9 Å². The molecule has 0 aliphatic carbocycles. The van der Waals surface area contributed by atoms with Crippen LogP contribution in [0.15, 0.2) is 12.4 Å². The van der Waals surface area contributed by atoms with Crippen LogP contribution in [0.5, 0.6) is 0 Å². The topological polar surface area (TPSA) is 58.4 Å². The van der Waals surface area contributed by atoms with Crippen LogP contribution >= 0.6 is 22.6 Å². The van der Waals surface area contributed by atoms with E-state index in [1.165, 1.54) is 0 Å². The zero-order chi connectivity index (χ0) is 12.6. The van der Waals surface area contributed by atoms with Crippen molar-refractivity contribution in [2.24, 2.45) is 0 Å². The summed E-state index contributed by atoms with van der Waals surface area (Å²) in [6, 6.07) is 0. The molecule has 94 valence electrons. The molecule has 0 radical (unpaired) electrons. The van der Waals surface area contributed by atoms with Gasteiger partial charge in [0, 0.05) is 19.3 Å². The van der Waals surface area contributed by atoms with Gasteiger partial charge in [-0.2, -0.15) is 5.10 Å². The van der Waals surface area contributed by atoms with Crippen LogP contribution in [-0.4, -0.2) is 44.9 Å². The van der Waals surface area contributed by atoms with Crippen molar-refractivity contribution in [1.29, 1.82) is 0 Å². The van der Waals surface area contributed by atoms with Gasteiger partial charge in [0.2, 0.25) is 5.91 Å². The number of hydrogen-bond donors (Lipinski definition) is 1. The van der Waals surface area contributed by atoms with Crippen molar-refractivity contribution in [1.82, 2.24) is 14.7 Å². The van der Waals surface area contributed by atoms with Crippen molar-refractivity contribution in [3.05, 3.63) is 16.0 Å². The number of β-amino-alcohol motifs (C(OH)–C–C–N with tert-alkyl or cyclic N) is 1. The third-order valence-electron chi connectivity index (χ3n) is 3.10. The summed E-state index contributed by atoms with van der Waals surface area (Å²) in [5.41, 5.74) is -0.701. The Labute approximate surface area is 114 Å². The molecule has 1 aromatic rings. The van der Waals surface area contributed by atoms with Gasteiger partial charge in [-0.3, -0.25) is 9.48 Å². The van der Waals surface area contributed by atoms with Gasteiger partial charge < -0.3 is 10.0 Å². The Morgan fingerprint density at radius 2 is 2.35 bits per heavy atom. The van der Waals surface area contributed by atoms with Crippen molar-refractivity contribution in [2.75, 3.05) is 13.1 Å². The van der Waals surface area contributed by atoms with E-state index in [4.69, 9.17) is 0 Å². The molecule has 1 atom stereocenters. The van der Waals surface area contributed by atoms with E-state index in [0.717, 1.165) is 3.57 Å². The minimum atomic E-state index is -0.701. The number of nitrogens with zero attached hydrogens (tertiary/aromatic N) is 3. The summed E-state index contributed by atoms with van der Waals surface area (Å²) in [5.74, 6) is 0.00792. The molecular formula is C11H16IN3O2. The number of amides is 1. The highest BCUT2D eigenvalue weighted by Crippen LogP contribution is 2.22. The number of aliphatic hydroxyl groups excluding tert-OH is 1. The van der Waals surface area contributed by atoms with Gasteiger partial charge in [-0.05, 0) is 42.9 Å². The summed E-state index contributed by atoms with van der Waals surface area (Å²) in [5, 5.41) is 13.7. The highest BCUT2D eigenvalue weighted by Gasteiger charge is 2.37. The molecule has 1 saturated heterocycles. The molecule has 2 heterocycles. The summed E-state index contributed by atoms with van der Waals surface area (Å²) in [6.07, 6.45) is 3.87. The number of likely N-dealkylation sites (tertiary alicyclic amines) is 1. The van der Waals surface area contributed by atoms with Gasteiger partial charge in [-0.15, -0.1) is 0 Å². The molecule has 0 saturated carbocycles. The standard InChI is InChI=1S/C11H16IN3O2/c1-11(2,15-6-8(12)5-13-15)10(17)14-4-3-9(16)7-14/h5-6,9,16H,3-4,7H2,1-2H3/t9-/m0/s1. The Morgan fingerprint density at radius 1 is 1.65 bits per heavy atom. The van der Waals surface area contributed by atoms with E-state index in [2.05, 4.69) is 27.7 Å². The predicted octanol–water partition coefficient (Wildman–Crippen LogP) is 0.816. The second-order valence-electron chi connectivity index (χ2n) is 4.86. The lowest BCUT2D eigenvalue weighted by molar-refractivity contribution is -0.139. The second kappa shape index (κ2) is 4.56. The highest BCUT2D eigenvalue weighted by atomic mass is 127. The fourth-order valence-electron chi connectivity index (χ4n) is 2.02. The van der Waals surface area contributed by atoms with E-state index in [0.29, 0.717) is 19.5 Å². The van der Waals surface area contributed by atoms with Crippen LogP contribution in [0.4, 0.5) is 0 Å². The summed E-state index contributed by atoms with van der Waals surface area (Å²) >= 11 is 2.17. The highest BCUT2D eigenvalue weighted by molar-refractivity contribution is 14.1. The summed E-state index contributed by atoms with van der Waals surface area (Å²) in [7, 11) is 0. The first kappa shape index (κ1) is 12.8. The Balaban J connectivity index is 2.17. The first-order chi connectivity index (χ1) is 7.91. The van der Waals surface area contributed by atoms with Crippen molar-refractivity contribution >= 4 is 28.5 Å². The molecule has 0 unspecified atom stereocenters. The fourth-order valence-corrected chi connectivity index (χ4v) is 2.41. The van der Waals surface area contributed by atoms with E-state index in [9.17, 15) is 9.90 Å². The quantitative estimate of drug-likeness (QED) is 0.805. The minimum Gasteiger partial charge on any atom is -0.391 e. The SMILES string of the molecule is CC(C)(C(=O)N1CC[C@H](O)C1)n1cc(I)cn1. The normalized spacial score (nSPS) is 20.9. The van der Waals surface area contributed by atoms with Crippen LogP contribution < -0.4 is 0 Å². The third kappa shape index (κ3) is 2.47. The smallest absolute Gasteiger partial charge is 0.250 e. The van der Waals surface area contributed by atoms with Crippen LogP contribution in [0.25, 0.3) is 0 Å². The van der Waals surface area contributed by atoms with Crippen LogP contribution in [-0.2, 0) is 10.3 Å². The molecule has 0 spiro atoms. The van der Waals surface area contributed by atoms with Crippen LogP contribution in [0.2, 0.25) is 0 Å². The summed E-state index contributed by atoms with van der Waals surface area (Å²) < 4.78 is 2.69. The minimum absolute atomic E-state index is 0.00792. The van der Waals surface area contributed by atoms with Crippen LogP contribution in [0.3, 0.4) is 0 Å². The van der Waals surface area contributed by atoms with Crippen molar-refractivity contribution in [3.63, 3.8) is 0 Å². The largest absolute Gasteiger partial charge is 0.391 e. The maximum absolute atomic E-state index is 12.4. The molecule has 1 N–H and O–H groups in total. The number of halogens is 1. The third-order valence-corrected chi connectivity index (χ3v) is 3.65. The van der Waals surface area contributed by atoms with E-state index in [-0.39, 0.29) is 12.0 Å². The zero-order valence-corrected chi connectivity index (χ0v) is 12.1. The summed E-state index contributed by atoms with van der Waals surface area (Å²) in [6.45, 7) is 4.76. The number of hydrogen-bond acceptors (Lipinski definition) is 3. The van der Waals surface area contributed by atoms with Crippen molar-refractivity contribution in [3.8, 4) is 0 Å². The van der Waals surface area contributed by atoms with Gasteiger partial charge in [0.25, 0.3) is 0 Å². The Kier molecular flexibility index (Phi) is 3.44. The van der Waals surface area contributed by atoms with Gasteiger partial charge in [-0.25, -0.2) is 0 Å². The monoisotopic (exact) mass is 349 g/mol. The molecule has 1 aliphatic rings. The molecule has 1 aliphatic heterocycles. The zero-order valence-electron chi connectivity index (χ0n) is 9.93.